The van der Waals surface area contributed by atoms with Crippen LogP contribution in [0.5, 0.6) is 0 Å². The van der Waals surface area contributed by atoms with Gasteiger partial charge >= 0.3 is 0 Å². The molecule has 0 amide bonds. The third kappa shape index (κ3) is 6.34. The van der Waals surface area contributed by atoms with Crippen molar-refractivity contribution in [3.8, 4) is 0 Å². The molecule has 2 heterocycles. The smallest absolute Gasteiger partial charge is 0.191 e. The molecule has 0 saturated carbocycles. The first-order chi connectivity index (χ1) is 10.6. The second kappa shape index (κ2) is 10.2. The number of thiazole rings is 2. The minimum absolute atomic E-state index is 0. The van der Waals surface area contributed by atoms with Gasteiger partial charge in [0, 0.05) is 16.8 Å². The first kappa shape index (κ1) is 20.3. The van der Waals surface area contributed by atoms with Crippen LogP contribution in [0.3, 0.4) is 0 Å². The number of guanidine groups is 1. The van der Waals surface area contributed by atoms with Gasteiger partial charge in [0.15, 0.2) is 5.96 Å². The number of hydrogen-bond acceptors (Lipinski definition) is 5. The molecule has 2 aromatic rings. The van der Waals surface area contributed by atoms with Crippen LogP contribution in [0, 0.1) is 13.8 Å². The van der Waals surface area contributed by atoms with Crippen molar-refractivity contribution in [1.29, 1.82) is 0 Å². The fourth-order valence-corrected chi connectivity index (χ4v) is 3.60. The number of nitrogens with zero attached hydrogens (tertiary/aromatic N) is 3. The Labute approximate surface area is 163 Å². The zero-order valence-corrected chi connectivity index (χ0v) is 17.9. The molecule has 5 nitrogen and oxygen atoms in total. The molecule has 128 valence electrons. The van der Waals surface area contributed by atoms with Gasteiger partial charge in [-0.15, -0.1) is 46.7 Å². The normalized spacial score (nSPS) is 11.2. The Morgan fingerprint density at radius 1 is 1.22 bits per heavy atom. The Morgan fingerprint density at radius 2 is 2.00 bits per heavy atom. The van der Waals surface area contributed by atoms with Crippen molar-refractivity contribution in [2.24, 2.45) is 4.99 Å². The number of aryl methyl sites for hydroxylation is 3. The lowest BCUT2D eigenvalue weighted by atomic mass is 10.4. The minimum atomic E-state index is 0. The van der Waals surface area contributed by atoms with E-state index in [-0.39, 0.29) is 24.0 Å². The summed E-state index contributed by atoms with van der Waals surface area (Å²) < 4.78 is 0. The van der Waals surface area contributed by atoms with Crippen molar-refractivity contribution in [3.05, 3.63) is 31.7 Å². The Morgan fingerprint density at radius 3 is 2.57 bits per heavy atom. The number of halogens is 1. The first-order valence-electron chi connectivity index (χ1n) is 7.50. The van der Waals surface area contributed by atoms with Gasteiger partial charge in [-0.05, 0) is 27.2 Å². The third-order valence-corrected chi connectivity index (χ3v) is 5.18. The average Bonchev–Trinajstić information content (AvgIpc) is 3.08. The average molecular weight is 465 g/mol. The van der Waals surface area contributed by atoms with Gasteiger partial charge in [0.2, 0.25) is 0 Å². The van der Waals surface area contributed by atoms with Gasteiger partial charge in [0.1, 0.15) is 0 Å². The van der Waals surface area contributed by atoms with E-state index in [2.05, 4.69) is 44.8 Å². The predicted molar refractivity (Wildman–Crippen MR) is 110 cm³/mol. The van der Waals surface area contributed by atoms with Crippen molar-refractivity contribution >= 4 is 52.6 Å². The Hall–Kier alpha value is -0.740. The van der Waals surface area contributed by atoms with Crippen LogP contribution in [-0.2, 0) is 19.5 Å². The highest BCUT2D eigenvalue weighted by atomic mass is 127. The second-order valence-corrected chi connectivity index (χ2v) is 7.11. The molecule has 0 bridgehead atoms. The maximum atomic E-state index is 4.61. The largest absolute Gasteiger partial charge is 0.357 e. The van der Waals surface area contributed by atoms with Crippen LogP contribution in [0.2, 0.25) is 0 Å². The highest BCUT2D eigenvalue weighted by Crippen LogP contribution is 2.16. The van der Waals surface area contributed by atoms with Crippen LogP contribution in [0.25, 0.3) is 0 Å². The van der Waals surface area contributed by atoms with Crippen LogP contribution < -0.4 is 10.6 Å². The fraction of sp³-hybridized carbons (Fsp3) is 0.533. The molecule has 0 aliphatic rings. The lowest BCUT2D eigenvalue weighted by Crippen LogP contribution is -2.36. The molecule has 0 atom stereocenters. The summed E-state index contributed by atoms with van der Waals surface area (Å²) in [4.78, 5) is 14.9. The second-order valence-electron chi connectivity index (χ2n) is 4.88. The summed E-state index contributed by atoms with van der Waals surface area (Å²) in [6, 6.07) is 0. The fourth-order valence-electron chi connectivity index (χ4n) is 1.99. The van der Waals surface area contributed by atoms with Crippen LogP contribution in [0.1, 0.15) is 40.1 Å². The van der Waals surface area contributed by atoms with E-state index in [1.54, 1.807) is 22.7 Å². The van der Waals surface area contributed by atoms with Gasteiger partial charge in [-0.2, -0.15) is 0 Å². The van der Waals surface area contributed by atoms with Crippen LogP contribution in [0.15, 0.2) is 10.4 Å². The minimum Gasteiger partial charge on any atom is -0.357 e. The molecule has 23 heavy (non-hydrogen) atoms. The summed E-state index contributed by atoms with van der Waals surface area (Å²) in [6.07, 6.45) is 0.983. The molecule has 0 aliphatic carbocycles. The maximum absolute atomic E-state index is 4.61. The number of rotatable bonds is 6. The number of aromatic nitrogens is 2. The standard InChI is InChI=1S/C15H23N5S2.HI/c1-5-14-20-12(9-21-14)7-17-15(16-6-2)18-8-13-10(3)19-11(4)22-13;/h9H,5-8H2,1-4H3,(H2,16,17,18);1H. The van der Waals surface area contributed by atoms with E-state index in [1.165, 1.54) is 9.88 Å². The lowest BCUT2D eigenvalue weighted by molar-refractivity contribution is 0.814. The zero-order valence-electron chi connectivity index (χ0n) is 14.0. The predicted octanol–water partition coefficient (Wildman–Crippen LogP) is 3.65. The number of hydrogen-bond donors (Lipinski definition) is 2. The van der Waals surface area contributed by atoms with E-state index in [9.17, 15) is 0 Å². The van der Waals surface area contributed by atoms with Crippen LogP contribution in [-0.4, -0.2) is 22.5 Å². The highest BCUT2D eigenvalue weighted by molar-refractivity contribution is 14.0. The molecular formula is C15H24IN5S2. The van der Waals surface area contributed by atoms with Crippen molar-refractivity contribution in [2.45, 2.75) is 47.2 Å². The molecule has 0 unspecified atom stereocenters. The quantitative estimate of drug-likeness (QED) is 0.389. The molecule has 0 spiro atoms. The van der Waals surface area contributed by atoms with E-state index in [1.807, 2.05) is 13.8 Å². The van der Waals surface area contributed by atoms with E-state index >= 15 is 0 Å². The summed E-state index contributed by atoms with van der Waals surface area (Å²) in [7, 11) is 0. The highest BCUT2D eigenvalue weighted by Gasteiger charge is 2.06. The Balaban J connectivity index is 0.00000264. The lowest BCUT2D eigenvalue weighted by Gasteiger charge is -2.10. The number of nitrogens with one attached hydrogen (secondary N) is 2. The molecule has 0 aromatic carbocycles. The Bertz CT molecular complexity index is 636. The molecule has 0 aliphatic heterocycles. The monoisotopic (exact) mass is 465 g/mol. The van der Waals surface area contributed by atoms with Gasteiger partial charge in [0.05, 0.1) is 34.5 Å². The molecule has 2 rings (SSSR count). The molecule has 2 N–H and O–H groups in total. The third-order valence-electron chi connectivity index (χ3n) is 3.06. The zero-order chi connectivity index (χ0) is 15.9. The van der Waals surface area contributed by atoms with Crippen LogP contribution >= 0.6 is 46.7 Å². The molecule has 0 fully saturated rings. The molecule has 0 radical (unpaired) electrons. The molecule has 0 saturated heterocycles. The van der Waals surface area contributed by atoms with Crippen molar-refractivity contribution in [1.82, 2.24) is 20.6 Å². The van der Waals surface area contributed by atoms with Crippen molar-refractivity contribution in [2.75, 3.05) is 6.54 Å². The van der Waals surface area contributed by atoms with Gasteiger partial charge in [-0.1, -0.05) is 6.92 Å². The summed E-state index contributed by atoms with van der Waals surface area (Å²) in [5.41, 5.74) is 2.13. The van der Waals surface area contributed by atoms with E-state index in [4.69, 9.17) is 0 Å². The van der Waals surface area contributed by atoms with Crippen molar-refractivity contribution < 1.29 is 0 Å². The van der Waals surface area contributed by atoms with E-state index in [0.29, 0.717) is 6.54 Å². The molecular weight excluding hydrogens is 441 g/mol. The molecule has 8 heteroatoms. The van der Waals surface area contributed by atoms with Crippen molar-refractivity contribution in [3.63, 3.8) is 0 Å². The summed E-state index contributed by atoms with van der Waals surface area (Å²) >= 11 is 3.43. The van der Waals surface area contributed by atoms with Crippen LogP contribution in [0.4, 0.5) is 0 Å². The Kier molecular flexibility index (Phi) is 9.00. The summed E-state index contributed by atoms with van der Waals surface area (Å²) in [6.45, 7) is 10.5. The number of aliphatic imine (C=N–C) groups is 1. The van der Waals surface area contributed by atoms with Gasteiger partial charge < -0.3 is 10.6 Å². The van der Waals surface area contributed by atoms with Gasteiger partial charge in [0.25, 0.3) is 0 Å². The SMILES string of the molecule is CCNC(=NCc1csc(CC)n1)NCc1sc(C)nc1C.I. The maximum Gasteiger partial charge on any atom is 0.191 e. The van der Waals surface area contributed by atoms with E-state index in [0.717, 1.165) is 41.9 Å². The van der Waals surface area contributed by atoms with E-state index < -0.39 is 0 Å². The van der Waals surface area contributed by atoms with Gasteiger partial charge in [-0.25, -0.2) is 15.0 Å². The summed E-state index contributed by atoms with van der Waals surface area (Å²) in [5, 5.41) is 11.0. The summed E-state index contributed by atoms with van der Waals surface area (Å²) in [5.74, 6) is 0.819. The first-order valence-corrected chi connectivity index (χ1v) is 9.20. The topological polar surface area (TPSA) is 62.2 Å². The molecule has 2 aromatic heterocycles. The van der Waals surface area contributed by atoms with Gasteiger partial charge in [-0.3, -0.25) is 0 Å².